The molecule has 124 valence electrons. The van der Waals surface area contributed by atoms with E-state index < -0.39 is 32.3 Å². The minimum atomic E-state index is -2.66. The summed E-state index contributed by atoms with van der Waals surface area (Å²) < 4.78 is 28.9. The summed E-state index contributed by atoms with van der Waals surface area (Å²) in [6, 6.07) is 0. The second-order valence-corrected chi connectivity index (χ2v) is 6.61. The zero-order chi connectivity index (χ0) is 16.4. The van der Waals surface area contributed by atoms with Gasteiger partial charge in [-0.25, -0.2) is 4.98 Å². The second kappa shape index (κ2) is 4.86. The Bertz CT molecular complexity index is 810. The maximum Gasteiger partial charge on any atom is 0.319 e. The predicted octanol–water partition coefficient (Wildman–Crippen LogP) is -0.432. The number of aliphatic hydroxyl groups is 1. The van der Waals surface area contributed by atoms with Crippen LogP contribution in [-0.4, -0.2) is 54.1 Å². The number of hydrogen-bond donors (Lipinski definition) is 3. The molecule has 2 fully saturated rings. The monoisotopic (exact) mass is 343 g/mol. The number of anilines is 1. The molecule has 4 heterocycles. The van der Waals surface area contributed by atoms with E-state index in [4.69, 9.17) is 19.5 Å². The van der Waals surface area contributed by atoms with E-state index in [0.29, 0.717) is 0 Å². The maximum atomic E-state index is 11.5. The van der Waals surface area contributed by atoms with Crippen molar-refractivity contribution >= 4 is 25.4 Å². The quantitative estimate of drug-likeness (QED) is 0.581. The minimum Gasteiger partial charge on any atom is -0.492 e. The Labute approximate surface area is 130 Å². The van der Waals surface area contributed by atoms with E-state index in [-0.39, 0.29) is 29.6 Å². The number of nitrogens with zero attached hydrogens (tertiary/aromatic N) is 4. The number of aromatic hydroxyl groups is 1. The van der Waals surface area contributed by atoms with Crippen LogP contribution in [0, 0.1) is 0 Å². The molecule has 23 heavy (non-hydrogen) atoms. The molecule has 12 heteroatoms. The molecule has 2 aromatic rings. The van der Waals surface area contributed by atoms with Crippen LogP contribution in [0.25, 0.3) is 11.2 Å². The van der Waals surface area contributed by atoms with Crippen molar-refractivity contribution in [3.63, 3.8) is 0 Å². The maximum absolute atomic E-state index is 11.5. The fourth-order valence-corrected chi connectivity index (χ4v) is 3.90. The highest BCUT2D eigenvalue weighted by atomic mass is 31.1. The van der Waals surface area contributed by atoms with E-state index in [1.54, 1.807) is 0 Å². The van der Waals surface area contributed by atoms with Crippen LogP contribution in [0.4, 0.5) is 5.95 Å². The molecule has 2 aliphatic heterocycles. The minimum absolute atomic E-state index is 0.0457. The van der Waals surface area contributed by atoms with Gasteiger partial charge < -0.3 is 29.7 Å². The molecule has 2 aromatic heterocycles. The molecule has 4 N–H and O–H groups in total. The first-order valence-electron chi connectivity index (χ1n) is 6.78. The third-order valence-corrected chi connectivity index (χ3v) is 4.83. The van der Waals surface area contributed by atoms with Gasteiger partial charge in [-0.15, -0.1) is 0 Å². The van der Waals surface area contributed by atoms with Gasteiger partial charge in [-0.3, -0.25) is 9.13 Å². The van der Waals surface area contributed by atoms with Gasteiger partial charge in [0.15, 0.2) is 17.4 Å². The first kappa shape index (κ1) is 14.8. The van der Waals surface area contributed by atoms with Gasteiger partial charge >= 0.3 is 8.25 Å². The predicted molar refractivity (Wildman–Crippen MR) is 75.8 cm³/mol. The molecule has 2 aliphatic rings. The number of hydrogen-bond acceptors (Lipinski definition) is 10. The van der Waals surface area contributed by atoms with Crippen molar-refractivity contribution in [2.24, 2.45) is 0 Å². The SMILES string of the molecule is C[C@@]1(O)[C@@H]2O[PH](=O)OC[C@H]2O[C@H]1n1cnc2c(O)nc(N)nc21. The second-order valence-electron chi connectivity index (χ2n) is 5.58. The number of nitrogens with two attached hydrogens (primary N) is 1. The lowest BCUT2D eigenvalue weighted by molar-refractivity contribution is -0.0884. The van der Waals surface area contributed by atoms with Gasteiger partial charge in [-0.1, -0.05) is 0 Å². The van der Waals surface area contributed by atoms with Gasteiger partial charge in [0.05, 0.1) is 12.9 Å². The molecule has 4 rings (SSSR count). The van der Waals surface area contributed by atoms with Crippen molar-refractivity contribution in [2.75, 3.05) is 12.3 Å². The Morgan fingerprint density at radius 2 is 2.30 bits per heavy atom. The summed E-state index contributed by atoms with van der Waals surface area (Å²) in [7, 11) is -2.66. The molecular formula is C11H14N5O6P. The molecule has 0 saturated carbocycles. The number of ether oxygens (including phenoxy) is 1. The van der Waals surface area contributed by atoms with Crippen molar-refractivity contribution < 1.29 is 28.6 Å². The van der Waals surface area contributed by atoms with E-state index in [1.807, 2.05) is 0 Å². The first-order valence-corrected chi connectivity index (χ1v) is 8.00. The van der Waals surface area contributed by atoms with Gasteiger partial charge in [0.2, 0.25) is 11.8 Å². The zero-order valence-electron chi connectivity index (χ0n) is 11.9. The summed E-state index contributed by atoms with van der Waals surface area (Å²) in [6.07, 6.45) is -1.01. The number of aromatic nitrogens is 4. The van der Waals surface area contributed by atoms with E-state index in [2.05, 4.69) is 15.0 Å². The Hall–Kier alpha value is -1.78. The summed E-state index contributed by atoms with van der Waals surface area (Å²) in [6.45, 7) is 1.54. The van der Waals surface area contributed by atoms with Crippen molar-refractivity contribution in [1.82, 2.24) is 19.5 Å². The number of fused-ring (bicyclic) bond motifs is 2. The standard InChI is InChI=1S/C11H14N5O6P/c1-11(18)6-4(2-20-23(19)22-6)21-9(11)16-3-13-5-7(16)14-10(12)15-8(5)17/h3-4,6,9,18,23H,2H2,1H3,(H3,12,14,15,17)/t4-,6-,9-,11-/m1/s1. The first-order chi connectivity index (χ1) is 10.9. The molecule has 0 aromatic carbocycles. The largest absolute Gasteiger partial charge is 0.492 e. The molecule has 0 spiro atoms. The van der Waals surface area contributed by atoms with Crippen LogP contribution in [0.2, 0.25) is 0 Å². The molecule has 0 amide bonds. The number of imidazole rings is 1. The van der Waals surface area contributed by atoms with E-state index in [1.165, 1.54) is 17.8 Å². The van der Waals surface area contributed by atoms with Crippen molar-refractivity contribution in [3.8, 4) is 5.88 Å². The van der Waals surface area contributed by atoms with Gasteiger partial charge in [-0.2, -0.15) is 9.97 Å². The lowest BCUT2D eigenvalue weighted by Gasteiger charge is -2.31. The van der Waals surface area contributed by atoms with Gasteiger partial charge in [-0.05, 0) is 6.92 Å². The van der Waals surface area contributed by atoms with Crippen LogP contribution in [0.15, 0.2) is 6.33 Å². The van der Waals surface area contributed by atoms with Crippen LogP contribution < -0.4 is 5.73 Å². The average Bonchev–Trinajstić information content (AvgIpc) is 2.99. The van der Waals surface area contributed by atoms with Crippen LogP contribution in [0.3, 0.4) is 0 Å². The molecule has 5 atom stereocenters. The number of nitrogen functional groups attached to an aromatic ring is 1. The zero-order valence-corrected chi connectivity index (χ0v) is 12.9. The summed E-state index contributed by atoms with van der Waals surface area (Å²) in [4.78, 5) is 11.7. The summed E-state index contributed by atoms with van der Waals surface area (Å²) in [5.41, 5.74) is 4.36. The van der Waals surface area contributed by atoms with Crippen LogP contribution in [0.1, 0.15) is 13.2 Å². The van der Waals surface area contributed by atoms with Crippen LogP contribution >= 0.6 is 8.25 Å². The van der Waals surface area contributed by atoms with Crippen molar-refractivity contribution in [3.05, 3.63) is 6.33 Å². The van der Waals surface area contributed by atoms with Crippen molar-refractivity contribution in [1.29, 1.82) is 0 Å². The highest BCUT2D eigenvalue weighted by Gasteiger charge is 2.57. The Balaban J connectivity index is 1.80. The highest BCUT2D eigenvalue weighted by molar-refractivity contribution is 7.33. The molecule has 0 bridgehead atoms. The molecular weight excluding hydrogens is 329 g/mol. The van der Waals surface area contributed by atoms with Gasteiger partial charge in [0.25, 0.3) is 0 Å². The fourth-order valence-electron chi connectivity index (χ4n) is 2.94. The summed E-state index contributed by atoms with van der Waals surface area (Å²) in [5, 5.41) is 20.6. The number of rotatable bonds is 1. The average molecular weight is 343 g/mol. The topological polar surface area (TPSA) is 155 Å². The van der Waals surface area contributed by atoms with E-state index >= 15 is 0 Å². The lowest BCUT2D eigenvalue weighted by atomic mass is 9.96. The highest BCUT2D eigenvalue weighted by Crippen LogP contribution is 2.48. The van der Waals surface area contributed by atoms with Crippen molar-refractivity contribution in [2.45, 2.75) is 31.0 Å². The Morgan fingerprint density at radius 3 is 3.09 bits per heavy atom. The molecule has 11 nitrogen and oxygen atoms in total. The molecule has 0 radical (unpaired) electrons. The van der Waals surface area contributed by atoms with Gasteiger partial charge in [0.1, 0.15) is 17.8 Å². The molecule has 0 aliphatic carbocycles. The Kier molecular flexibility index (Phi) is 3.12. The normalized spacial score (nSPS) is 37.1. The third kappa shape index (κ3) is 2.12. The lowest BCUT2D eigenvalue weighted by Crippen LogP contribution is -2.46. The summed E-state index contributed by atoms with van der Waals surface area (Å²) in [5.74, 6) is -0.512. The van der Waals surface area contributed by atoms with Crippen LogP contribution in [0.5, 0.6) is 5.88 Å². The smallest absolute Gasteiger partial charge is 0.319 e. The fraction of sp³-hybridized carbons (Fsp3) is 0.545. The molecule has 2 saturated heterocycles. The third-order valence-electron chi connectivity index (χ3n) is 3.98. The van der Waals surface area contributed by atoms with Gasteiger partial charge in [0, 0.05) is 0 Å². The summed E-state index contributed by atoms with van der Waals surface area (Å²) >= 11 is 0. The molecule has 1 unspecified atom stereocenters. The van der Waals surface area contributed by atoms with E-state index in [9.17, 15) is 14.8 Å². The Morgan fingerprint density at radius 1 is 1.52 bits per heavy atom. The van der Waals surface area contributed by atoms with E-state index in [0.717, 1.165) is 0 Å². The van der Waals surface area contributed by atoms with Crippen LogP contribution in [-0.2, 0) is 18.3 Å².